The highest BCUT2D eigenvalue weighted by atomic mass is 35.5. The average molecular weight is 274 g/mol. The minimum Gasteiger partial charge on any atom is -0.387 e. The smallest absolute Gasteiger partial charge is 0.0928 e. The Labute approximate surface area is 113 Å². The van der Waals surface area contributed by atoms with Crippen molar-refractivity contribution in [2.24, 2.45) is 0 Å². The normalized spacial score (nSPS) is 14.6. The SMILES string of the molecule is CSC(C)CCNCC(O)c1ccccc1Cl. The molecule has 0 heterocycles. The second kappa shape index (κ2) is 7.98. The van der Waals surface area contributed by atoms with Crippen LogP contribution in [0.25, 0.3) is 0 Å². The average Bonchev–Trinajstić information content (AvgIpc) is 2.34. The van der Waals surface area contributed by atoms with Gasteiger partial charge in [-0.15, -0.1) is 0 Å². The van der Waals surface area contributed by atoms with Gasteiger partial charge in [-0.2, -0.15) is 11.8 Å². The van der Waals surface area contributed by atoms with Crippen LogP contribution in [0.5, 0.6) is 0 Å². The van der Waals surface area contributed by atoms with Gasteiger partial charge in [0, 0.05) is 22.4 Å². The van der Waals surface area contributed by atoms with E-state index in [4.69, 9.17) is 11.6 Å². The molecule has 0 saturated heterocycles. The van der Waals surface area contributed by atoms with Crippen LogP contribution in [-0.2, 0) is 0 Å². The number of benzene rings is 1. The third kappa shape index (κ3) is 5.30. The minimum absolute atomic E-state index is 0.534. The molecule has 17 heavy (non-hydrogen) atoms. The maximum Gasteiger partial charge on any atom is 0.0928 e. The van der Waals surface area contributed by atoms with Crippen molar-refractivity contribution in [3.8, 4) is 0 Å². The monoisotopic (exact) mass is 273 g/mol. The van der Waals surface area contributed by atoms with Gasteiger partial charge in [-0.25, -0.2) is 0 Å². The predicted molar refractivity (Wildman–Crippen MR) is 76.9 cm³/mol. The molecule has 4 heteroatoms. The maximum atomic E-state index is 9.97. The van der Waals surface area contributed by atoms with Crippen molar-refractivity contribution < 1.29 is 5.11 Å². The van der Waals surface area contributed by atoms with Crippen LogP contribution < -0.4 is 5.32 Å². The number of thioether (sulfide) groups is 1. The van der Waals surface area contributed by atoms with Gasteiger partial charge in [-0.3, -0.25) is 0 Å². The first kappa shape index (κ1) is 14.8. The highest BCUT2D eigenvalue weighted by Gasteiger charge is 2.10. The fraction of sp³-hybridized carbons (Fsp3) is 0.538. The molecule has 0 radical (unpaired) electrons. The Bertz CT molecular complexity index is 335. The van der Waals surface area contributed by atoms with E-state index >= 15 is 0 Å². The molecule has 0 spiro atoms. The Hall–Kier alpha value is -0.220. The number of hydrogen-bond acceptors (Lipinski definition) is 3. The number of aliphatic hydroxyl groups excluding tert-OH is 1. The molecular weight excluding hydrogens is 254 g/mol. The summed E-state index contributed by atoms with van der Waals surface area (Å²) in [4.78, 5) is 0. The highest BCUT2D eigenvalue weighted by Crippen LogP contribution is 2.21. The number of nitrogens with one attached hydrogen (secondary N) is 1. The standard InChI is InChI=1S/C13H20ClNOS/c1-10(17-2)7-8-15-9-13(16)11-5-3-4-6-12(11)14/h3-6,10,13,15-16H,7-9H2,1-2H3. The van der Waals surface area contributed by atoms with Crippen molar-refractivity contribution in [1.82, 2.24) is 5.32 Å². The van der Waals surface area contributed by atoms with E-state index in [1.165, 1.54) is 0 Å². The molecule has 0 saturated carbocycles. The van der Waals surface area contributed by atoms with E-state index < -0.39 is 6.10 Å². The summed E-state index contributed by atoms with van der Waals surface area (Å²) >= 11 is 7.87. The van der Waals surface area contributed by atoms with Crippen molar-refractivity contribution >= 4 is 23.4 Å². The third-order valence-electron chi connectivity index (χ3n) is 2.73. The van der Waals surface area contributed by atoms with Gasteiger partial charge >= 0.3 is 0 Å². The van der Waals surface area contributed by atoms with E-state index in [2.05, 4.69) is 18.5 Å². The fourth-order valence-electron chi connectivity index (χ4n) is 1.52. The van der Waals surface area contributed by atoms with E-state index in [1.807, 2.05) is 30.0 Å². The maximum absolute atomic E-state index is 9.97. The van der Waals surface area contributed by atoms with Crippen LogP contribution in [0.15, 0.2) is 24.3 Å². The summed E-state index contributed by atoms with van der Waals surface area (Å²) in [7, 11) is 0. The minimum atomic E-state index is -0.534. The first-order chi connectivity index (χ1) is 8.15. The topological polar surface area (TPSA) is 32.3 Å². The Morgan fingerprint density at radius 3 is 2.76 bits per heavy atom. The Balaban J connectivity index is 2.30. The quantitative estimate of drug-likeness (QED) is 0.749. The number of halogens is 1. The molecule has 1 aromatic rings. The number of aliphatic hydroxyl groups is 1. The Kier molecular flexibility index (Phi) is 6.97. The molecule has 1 aromatic carbocycles. The molecule has 0 bridgehead atoms. The second-order valence-corrected chi connectivity index (χ2v) is 5.76. The van der Waals surface area contributed by atoms with Crippen LogP contribution in [0.4, 0.5) is 0 Å². The summed E-state index contributed by atoms with van der Waals surface area (Å²) in [6.07, 6.45) is 2.69. The van der Waals surface area contributed by atoms with Gasteiger partial charge in [-0.1, -0.05) is 36.7 Å². The summed E-state index contributed by atoms with van der Waals surface area (Å²) in [6.45, 7) is 3.67. The van der Waals surface area contributed by atoms with Gasteiger partial charge in [0.15, 0.2) is 0 Å². The molecule has 0 aliphatic carbocycles. The molecule has 2 atom stereocenters. The van der Waals surface area contributed by atoms with Gasteiger partial charge in [0.25, 0.3) is 0 Å². The molecule has 0 amide bonds. The van der Waals surface area contributed by atoms with Crippen LogP contribution in [0.3, 0.4) is 0 Å². The van der Waals surface area contributed by atoms with Crippen molar-refractivity contribution in [1.29, 1.82) is 0 Å². The number of rotatable bonds is 7. The molecule has 0 aliphatic rings. The van der Waals surface area contributed by atoms with E-state index in [0.29, 0.717) is 16.8 Å². The zero-order valence-electron chi connectivity index (χ0n) is 10.3. The van der Waals surface area contributed by atoms with Crippen LogP contribution >= 0.6 is 23.4 Å². The lowest BCUT2D eigenvalue weighted by atomic mass is 10.1. The molecule has 0 fully saturated rings. The van der Waals surface area contributed by atoms with Crippen LogP contribution in [0.2, 0.25) is 5.02 Å². The lowest BCUT2D eigenvalue weighted by molar-refractivity contribution is 0.175. The summed E-state index contributed by atoms with van der Waals surface area (Å²) in [6, 6.07) is 7.42. The number of hydrogen-bond donors (Lipinski definition) is 2. The van der Waals surface area contributed by atoms with Gasteiger partial charge in [0.1, 0.15) is 0 Å². The van der Waals surface area contributed by atoms with Gasteiger partial charge < -0.3 is 10.4 Å². The summed E-state index contributed by atoms with van der Waals surface area (Å²) < 4.78 is 0. The second-order valence-electron chi connectivity index (χ2n) is 4.08. The lowest BCUT2D eigenvalue weighted by Crippen LogP contribution is -2.24. The lowest BCUT2D eigenvalue weighted by Gasteiger charge is -2.14. The Morgan fingerprint density at radius 1 is 1.41 bits per heavy atom. The van der Waals surface area contributed by atoms with E-state index in [-0.39, 0.29) is 0 Å². The van der Waals surface area contributed by atoms with Crippen molar-refractivity contribution in [3.05, 3.63) is 34.9 Å². The first-order valence-corrected chi connectivity index (χ1v) is 7.47. The van der Waals surface area contributed by atoms with E-state index in [9.17, 15) is 5.11 Å². The molecule has 0 aromatic heterocycles. The van der Waals surface area contributed by atoms with E-state index in [1.54, 1.807) is 6.07 Å². The fourth-order valence-corrected chi connectivity index (χ4v) is 2.13. The van der Waals surface area contributed by atoms with Crippen LogP contribution in [-0.4, -0.2) is 29.7 Å². The zero-order valence-corrected chi connectivity index (χ0v) is 11.9. The van der Waals surface area contributed by atoms with Crippen molar-refractivity contribution in [2.75, 3.05) is 19.3 Å². The van der Waals surface area contributed by atoms with Crippen LogP contribution in [0.1, 0.15) is 25.0 Å². The van der Waals surface area contributed by atoms with Gasteiger partial charge in [-0.05, 0) is 25.3 Å². The third-order valence-corrected chi connectivity index (χ3v) is 4.12. The molecule has 2 nitrogen and oxygen atoms in total. The van der Waals surface area contributed by atoms with Gasteiger partial charge in [0.2, 0.25) is 0 Å². The summed E-state index contributed by atoms with van der Waals surface area (Å²) in [5.74, 6) is 0. The molecular formula is C13H20ClNOS. The molecule has 2 N–H and O–H groups in total. The molecule has 1 rings (SSSR count). The van der Waals surface area contributed by atoms with Crippen molar-refractivity contribution in [3.63, 3.8) is 0 Å². The Morgan fingerprint density at radius 2 is 2.12 bits per heavy atom. The first-order valence-electron chi connectivity index (χ1n) is 5.81. The molecule has 0 aliphatic heterocycles. The summed E-state index contributed by atoms with van der Waals surface area (Å²) in [5.41, 5.74) is 0.791. The van der Waals surface area contributed by atoms with Crippen molar-refractivity contribution in [2.45, 2.75) is 24.7 Å². The predicted octanol–water partition coefficient (Wildman–Crippen LogP) is 3.10. The van der Waals surface area contributed by atoms with Crippen LogP contribution in [0, 0.1) is 0 Å². The molecule has 96 valence electrons. The largest absolute Gasteiger partial charge is 0.387 e. The summed E-state index contributed by atoms with van der Waals surface area (Å²) in [5, 5.41) is 14.5. The highest BCUT2D eigenvalue weighted by molar-refractivity contribution is 7.99. The van der Waals surface area contributed by atoms with E-state index in [0.717, 1.165) is 18.5 Å². The van der Waals surface area contributed by atoms with Gasteiger partial charge in [0.05, 0.1) is 6.10 Å². The zero-order chi connectivity index (χ0) is 12.7. The molecule has 2 unspecified atom stereocenters.